The number of hydrogen-bond donors (Lipinski definition) is 0. The Kier molecular flexibility index (Phi) is 1.07. The Morgan fingerprint density at radius 2 is 2.50 bits per heavy atom. The lowest BCUT2D eigenvalue weighted by Gasteiger charge is -1.87. The van der Waals surface area contributed by atoms with Gasteiger partial charge in [0, 0.05) is 0 Å². The fraction of sp³-hybridized carbons (Fsp3) is 0.250. The molecule has 0 N–H and O–H groups in total. The van der Waals surface area contributed by atoms with E-state index in [1.807, 2.05) is 0 Å². The molecule has 0 aromatic heterocycles. The maximum absolute atomic E-state index is 10.2. The van der Waals surface area contributed by atoms with Crippen molar-refractivity contribution in [1.82, 2.24) is 0 Å². The average molecular weight is 113 g/mol. The first-order valence-electron chi connectivity index (χ1n) is 2.04. The van der Waals surface area contributed by atoms with E-state index in [1.165, 1.54) is 6.08 Å². The summed E-state index contributed by atoms with van der Waals surface area (Å²) in [6.07, 6.45) is 2.46. The lowest BCUT2D eigenvalue weighted by atomic mass is 10.3. The van der Waals surface area contributed by atoms with Gasteiger partial charge in [0.2, 0.25) is 6.04 Å². The Bertz CT molecular complexity index is 151. The number of cyclic esters (lactones) is 1. The summed E-state index contributed by atoms with van der Waals surface area (Å²) in [5, 5.41) is 2.46. The fourth-order valence-corrected chi connectivity index (χ4v) is 0.407. The molecule has 1 aliphatic heterocycles. The number of carbonyl (C=O) groups excluding carboxylic acids is 1. The molecular formula is C4H3NO3. The minimum atomic E-state index is -0.907. The van der Waals surface area contributed by atoms with Crippen LogP contribution in [0.4, 0.5) is 0 Å². The molecule has 42 valence electrons. The van der Waals surface area contributed by atoms with E-state index in [9.17, 15) is 9.70 Å². The van der Waals surface area contributed by atoms with Gasteiger partial charge in [0.05, 0.1) is 6.26 Å². The van der Waals surface area contributed by atoms with Crippen LogP contribution in [-0.2, 0) is 9.53 Å². The van der Waals surface area contributed by atoms with E-state index < -0.39 is 12.0 Å². The molecule has 1 aliphatic rings. The van der Waals surface area contributed by atoms with Crippen molar-refractivity contribution in [2.75, 3.05) is 0 Å². The van der Waals surface area contributed by atoms with Crippen molar-refractivity contribution in [1.29, 1.82) is 0 Å². The Labute approximate surface area is 45.1 Å². The Balaban J connectivity index is 2.66. The zero-order valence-electron chi connectivity index (χ0n) is 3.90. The quantitative estimate of drug-likeness (QED) is 0.360. The van der Waals surface area contributed by atoms with E-state index >= 15 is 0 Å². The third-order valence-electron chi connectivity index (χ3n) is 0.800. The van der Waals surface area contributed by atoms with E-state index in [1.54, 1.807) is 0 Å². The summed E-state index contributed by atoms with van der Waals surface area (Å²) in [6, 6.07) is -0.907. The van der Waals surface area contributed by atoms with Crippen molar-refractivity contribution >= 4 is 5.97 Å². The van der Waals surface area contributed by atoms with Gasteiger partial charge >= 0.3 is 5.97 Å². The average Bonchev–Trinajstić information content (AvgIpc) is 2.14. The minimum absolute atomic E-state index is 0.597. The van der Waals surface area contributed by atoms with E-state index in [4.69, 9.17) is 0 Å². The molecule has 0 aromatic rings. The van der Waals surface area contributed by atoms with Gasteiger partial charge in [-0.25, -0.2) is 4.79 Å². The number of nitrogens with zero attached hydrogens (tertiary/aromatic N) is 1. The summed E-state index contributed by atoms with van der Waals surface area (Å²) in [6.45, 7) is 0. The molecule has 1 atom stereocenters. The summed E-state index contributed by atoms with van der Waals surface area (Å²) in [7, 11) is 0. The van der Waals surface area contributed by atoms with Gasteiger partial charge < -0.3 is 4.74 Å². The summed E-state index contributed by atoms with van der Waals surface area (Å²) >= 11 is 0. The molecule has 1 heterocycles. The fourth-order valence-electron chi connectivity index (χ4n) is 0.407. The van der Waals surface area contributed by atoms with Crippen LogP contribution < -0.4 is 0 Å². The third-order valence-corrected chi connectivity index (χ3v) is 0.800. The number of esters is 1. The summed E-state index contributed by atoms with van der Waals surface area (Å²) in [5.41, 5.74) is 0. The van der Waals surface area contributed by atoms with Crippen molar-refractivity contribution in [3.63, 3.8) is 0 Å². The minimum Gasteiger partial charge on any atom is -0.433 e. The lowest BCUT2D eigenvalue weighted by molar-refractivity contribution is -0.136. The first-order chi connectivity index (χ1) is 3.84. The van der Waals surface area contributed by atoms with E-state index in [2.05, 4.69) is 9.91 Å². The van der Waals surface area contributed by atoms with Gasteiger partial charge in [0.15, 0.2) is 0 Å². The van der Waals surface area contributed by atoms with Crippen LogP contribution in [0, 0.1) is 4.91 Å². The second kappa shape index (κ2) is 1.73. The van der Waals surface area contributed by atoms with Crippen LogP contribution in [0.1, 0.15) is 0 Å². The molecule has 0 saturated carbocycles. The number of rotatable bonds is 1. The predicted molar refractivity (Wildman–Crippen MR) is 24.8 cm³/mol. The first-order valence-corrected chi connectivity index (χ1v) is 2.04. The monoisotopic (exact) mass is 113 g/mol. The Hall–Kier alpha value is -1.19. The number of nitroso groups, excluding NO2 is 1. The molecule has 4 nitrogen and oxygen atoms in total. The second-order valence-electron chi connectivity index (χ2n) is 1.32. The lowest BCUT2D eigenvalue weighted by Crippen LogP contribution is -2.09. The van der Waals surface area contributed by atoms with Gasteiger partial charge in [-0.05, 0) is 6.08 Å². The molecule has 0 spiro atoms. The smallest absolute Gasteiger partial charge is 0.343 e. The largest absolute Gasteiger partial charge is 0.433 e. The summed E-state index contributed by atoms with van der Waals surface area (Å²) in [4.78, 5) is 19.8. The van der Waals surface area contributed by atoms with E-state index in [0.717, 1.165) is 6.26 Å². The summed E-state index contributed by atoms with van der Waals surface area (Å²) < 4.78 is 4.24. The molecule has 0 bridgehead atoms. The van der Waals surface area contributed by atoms with Gasteiger partial charge in [-0.2, -0.15) is 0 Å². The molecular weight excluding hydrogens is 110 g/mol. The molecule has 0 fully saturated rings. The zero-order valence-corrected chi connectivity index (χ0v) is 3.90. The molecule has 1 unspecified atom stereocenters. The molecule has 8 heavy (non-hydrogen) atoms. The van der Waals surface area contributed by atoms with Gasteiger partial charge in [0.1, 0.15) is 0 Å². The van der Waals surface area contributed by atoms with E-state index in [0.29, 0.717) is 0 Å². The Morgan fingerprint density at radius 3 is 2.75 bits per heavy atom. The summed E-state index contributed by atoms with van der Waals surface area (Å²) in [5.74, 6) is -0.597. The standard InChI is InChI=1S/C4H3NO3/c6-4-3(5-7)1-2-8-4/h1-3H. The van der Waals surface area contributed by atoms with Crippen molar-refractivity contribution in [2.45, 2.75) is 6.04 Å². The predicted octanol–water partition coefficient (Wildman–Crippen LogP) is 0.192. The van der Waals surface area contributed by atoms with E-state index in [-0.39, 0.29) is 0 Å². The highest BCUT2D eigenvalue weighted by molar-refractivity contribution is 5.80. The van der Waals surface area contributed by atoms with Gasteiger partial charge in [-0.3, -0.25) is 0 Å². The van der Waals surface area contributed by atoms with Gasteiger partial charge in [-0.1, -0.05) is 5.18 Å². The molecule has 0 radical (unpaired) electrons. The molecule has 0 aromatic carbocycles. The number of ether oxygens (including phenoxy) is 1. The number of carbonyl (C=O) groups is 1. The number of hydrogen-bond acceptors (Lipinski definition) is 4. The molecule has 0 amide bonds. The second-order valence-corrected chi connectivity index (χ2v) is 1.32. The molecule has 4 heteroatoms. The SMILES string of the molecule is O=NC1C=COC1=O. The van der Waals surface area contributed by atoms with Crippen molar-refractivity contribution in [2.24, 2.45) is 5.18 Å². The maximum atomic E-state index is 10.2. The normalized spacial score (nSPS) is 25.5. The first kappa shape index (κ1) is 4.96. The third kappa shape index (κ3) is 0.598. The van der Waals surface area contributed by atoms with Crippen molar-refractivity contribution < 1.29 is 9.53 Å². The highest BCUT2D eigenvalue weighted by Gasteiger charge is 2.21. The Morgan fingerprint density at radius 1 is 1.75 bits per heavy atom. The topological polar surface area (TPSA) is 55.7 Å². The molecule has 1 rings (SSSR count). The molecule has 0 aliphatic carbocycles. The van der Waals surface area contributed by atoms with Gasteiger partial charge in [-0.15, -0.1) is 4.91 Å². The van der Waals surface area contributed by atoms with Crippen LogP contribution in [0.3, 0.4) is 0 Å². The van der Waals surface area contributed by atoms with Crippen LogP contribution >= 0.6 is 0 Å². The van der Waals surface area contributed by atoms with Crippen molar-refractivity contribution in [3.8, 4) is 0 Å². The highest BCUT2D eigenvalue weighted by atomic mass is 16.5. The van der Waals surface area contributed by atoms with Crippen LogP contribution in [0.15, 0.2) is 17.5 Å². The highest BCUT2D eigenvalue weighted by Crippen LogP contribution is 2.04. The van der Waals surface area contributed by atoms with Crippen LogP contribution in [0.2, 0.25) is 0 Å². The van der Waals surface area contributed by atoms with Crippen LogP contribution in [0.25, 0.3) is 0 Å². The molecule has 0 saturated heterocycles. The van der Waals surface area contributed by atoms with Gasteiger partial charge in [0.25, 0.3) is 0 Å². The van der Waals surface area contributed by atoms with Crippen molar-refractivity contribution in [3.05, 3.63) is 17.2 Å². The van der Waals surface area contributed by atoms with Crippen LogP contribution in [-0.4, -0.2) is 12.0 Å². The van der Waals surface area contributed by atoms with Crippen LogP contribution in [0.5, 0.6) is 0 Å². The maximum Gasteiger partial charge on any atom is 0.343 e. The zero-order chi connectivity index (χ0) is 5.98.